The van der Waals surface area contributed by atoms with E-state index in [2.05, 4.69) is 23.7 Å². The van der Waals surface area contributed by atoms with Gasteiger partial charge in [-0.25, -0.2) is 4.39 Å². The van der Waals surface area contributed by atoms with Gasteiger partial charge in [-0.1, -0.05) is 25.1 Å². The topological polar surface area (TPSA) is 15.3 Å². The second-order valence-electron chi connectivity index (χ2n) is 5.41. The first-order valence-electron chi connectivity index (χ1n) is 7.26. The van der Waals surface area contributed by atoms with Gasteiger partial charge in [0, 0.05) is 34.6 Å². The Morgan fingerprint density at radius 3 is 2.81 bits per heavy atom. The van der Waals surface area contributed by atoms with Crippen LogP contribution >= 0.6 is 11.3 Å². The summed E-state index contributed by atoms with van der Waals surface area (Å²) >= 11 is 1.68. The summed E-state index contributed by atoms with van der Waals surface area (Å²) in [6, 6.07) is 5.34. The fourth-order valence-electron chi connectivity index (χ4n) is 2.57. The van der Waals surface area contributed by atoms with E-state index < -0.39 is 0 Å². The van der Waals surface area contributed by atoms with E-state index in [0.717, 1.165) is 47.4 Å². The normalized spacial score (nSPS) is 11.5. The van der Waals surface area contributed by atoms with Gasteiger partial charge in [0.2, 0.25) is 0 Å². The number of hydrogen-bond donors (Lipinski definition) is 1. The molecule has 0 unspecified atom stereocenters. The summed E-state index contributed by atoms with van der Waals surface area (Å²) in [5.41, 5.74) is 2.25. The zero-order valence-electron chi connectivity index (χ0n) is 13.0. The Morgan fingerprint density at radius 2 is 2.19 bits per heavy atom. The number of rotatable bonds is 7. The summed E-state index contributed by atoms with van der Waals surface area (Å²) in [6.07, 6.45) is 0. The Bertz CT molecular complexity index is 633. The molecule has 114 valence electrons. The summed E-state index contributed by atoms with van der Waals surface area (Å²) in [6.45, 7) is 11.5. The highest BCUT2D eigenvalue weighted by molar-refractivity contribution is 7.19. The second-order valence-corrected chi connectivity index (χ2v) is 6.54. The summed E-state index contributed by atoms with van der Waals surface area (Å²) < 4.78 is 15.3. The molecule has 1 aromatic heterocycles. The van der Waals surface area contributed by atoms with Crippen molar-refractivity contribution >= 4 is 21.4 Å². The maximum atomic E-state index is 14.3. The molecule has 1 N–H and O–H groups in total. The number of nitrogens with one attached hydrogen (secondary N) is 1. The zero-order valence-corrected chi connectivity index (χ0v) is 13.8. The standard InChI is InChI=1S/C17H23FN2S/c1-5-20(10-12(2)3)11-13-16(9-19-4)21-15-8-6-7-14(18)17(13)15/h6-8,19H,2,5,9-11H2,1,3-4H3. The lowest BCUT2D eigenvalue weighted by Crippen LogP contribution is -2.25. The van der Waals surface area contributed by atoms with E-state index in [0.29, 0.717) is 0 Å². The minimum atomic E-state index is -0.118. The SMILES string of the molecule is C=C(C)CN(CC)Cc1c(CNC)sc2cccc(F)c12. The molecule has 0 aliphatic heterocycles. The molecule has 21 heavy (non-hydrogen) atoms. The lowest BCUT2D eigenvalue weighted by Gasteiger charge is -2.21. The van der Waals surface area contributed by atoms with Crippen molar-refractivity contribution in [1.82, 2.24) is 10.2 Å². The van der Waals surface area contributed by atoms with Crippen LogP contribution in [0.25, 0.3) is 10.1 Å². The van der Waals surface area contributed by atoms with Crippen molar-refractivity contribution in [3.8, 4) is 0 Å². The molecule has 0 saturated heterocycles. The van der Waals surface area contributed by atoms with Crippen molar-refractivity contribution < 1.29 is 4.39 Å². The van der Waals surface area contributed by atoms with Crippen LogP contribution in [0.4, 0.5) is 4.39 Å². The molecule has 0 amide bonds. The van der Waals surface area contributed by atoms with Crippen molar-refractivity contribution in [2.45, 2.75) is 26.9 Å². The van der Waals surface area contributed by atoms with Crippen molar-refractivity contribution in [2.24, 2.45) is 0 Å². The predicted molar refractivity (Wildman–Crippen MR) is 90.3 cm³/mol. The number of likely N-dealkylation sites (N-methyl/N-ethyl adjacent to an activating group) is 1. The van der Waals surface area contributed by atoms with Gasteiger partial charge >= 0.3 is 0 Å². The lowest BCUT2D eigenvalue weighted by atomic mass is 10.1. The van der Waals surface area contributed by atoms with Crippen LogP contribution in [0.1, 0.15) is 24.3 Å². The molecule has 2 aromatic rings. The van der Waals surface area contributed by atoms with Crippen LogP contribution < -0.4 is 5.32 Å². The number of thiophene rings is 1. The summed E-state index contributed by atoms with van der Waals surface area (Å²) in [5.74, 6) is -0.118. The predicted octanol–water partition coefficient (Wildman–Crippen LogP) is 4.16. The van der Waals surface area contributed by atoms with Gasteiger partial charge in [0.25, 0.3) is 0 Å². The summed E-state index contributed by atoms with van der Waals surface area (Å²) in [4.78, 5) is 3.52. The van der Waals surface area contributed by atoms with Gasteiger partial charge in [-0.3, -0.25) is 4.90 Å². The van der Waals surface area contributed by atoms with Gasteiger partial charge < -0.3 is 5.32 Å². The number of benzene rings is 1. The molecule has 2 rings (SSSR count). The average molecular weight is 306 g/mol. The molecule has 0 fully saturated rings. The molecular weight excluding hydrogens is 283 g/mol. The highest BCUT2D eigenvalue weighted by Crippen LogP contribution is 2.34. The van der Waals surface area contributed by atoms with Gasteiger partial charge in [0.1, 0.15) is 5.82 Å². The molecule has 0 atom stereocenters. The molecule has 0 aliphatic rings. The highest BCUT2D eigenvalue weighted by atomic mass is 32.1. The van der Waals surface area contributed by atoms with Gasteiger partial charge in [0.05, 0.1) is 0 Å². The molecule has 0 aliphatic carbocycles. The maximum Gasteiger partial charge on any atom is 0.132 e. The first-order chi connectivity index (χ1) is 10.1. The molecule has 0 saturated carbocycles. The van der Waals surface area contributed by atoms with E-state index in [9.17, 15) is 4.39 Å². The fraction of sp³-hybridized carbons (Fsp3) is 0.412. The van der Waals surface area contributed by atoms with Crippen LogP contribution in [-0.2, 0) is 13.1 Å². The van der Waals surface area contributed by atoms with Crippen LogP contribution in [0.5, 0.6) is 0 Å². The highest BCUT2D eigenvalue weighted by Gasteiger charge is 2.17. The van der Waals surface area contributed by atoms with E-state index in [1.807, 2.05) is 20.0 Å². The Labute approximate surface area is 130 Å². The largest absolute Gasteiger partial charge is 0.315 e. The van der Waals surface area contributed by atoms with Gasteiger partial charge in [-0.05, 0) is 38.2 Å². The zero-order chi connectivity index (χ0) is 15.4. The van der Waals surface area contributed by atoms with Crippen LogP contribution in [0.2, 0.25) is 0 Å². The van der Waals surface area contributed by atoms with Gasteiger partial charge in [-0.15, -0.1) is 11.3 Å². The minimum absolute atomic E-state index is 0.118. The van der Waals surface area contributed by atoms with Crippen LogP contribution in [0.3, 0.4) is 0 Å². The molecule has 1 heterocycles. The summed E-state index contributed by atoms with van der Waals surface area (Å²) in [5, 5.41) is 3.97. The average Bonchev–Trinajstić information content (AvgIpc) is 2.77. The monoisotopic (exact) mass is 306 g/mol. The van der Waals surface area contributed by atoms with E-state index in [-0.39, 0.29) is 5.82 Å². The third-order valence-electron chi connectivity index (χ3n) is 3.51. The van der Waals surface area contributed by atoms with Crippen molar-refractivity contribution in [3.05, 3.63) is 46.6 Å². The Morgan fingerprint density at radius 1 is 1.43 bits per heavy atom. The van der Waals surface area contributed by atoms with Crippen molar-refractivity contribution in [3.63, 3.8) is 0 Å². The molecule has 0 radical (unpaired) electrons. The van der Waals surface area contributed by atoms with E-state index in [4.69, 9.17) is 0 Å². The maximum absolute atomic E-state index is 14.3. The van der Waals surface area contributed by atoms with E-state index in [1.165, 1.54) is 4.88 Å². The Balaban J connectivity index is 2.44. The quantitative estimate of drug-likeness (QED) is 0.773. The molecule has 0 spiro atoms. The van der Waals surface area contributed by atoms with Gasteiger partial charge in [0.15, 0.2) is 0 Å². The smallest absolute Gasteiger partial charge is 0.132 e. The van der Waals surface area contributed by atoms with Crippen LogP contribution in [0.15, 0.2) is 30.4 Å². The van der Waals surface area contributed by atoms with E-state index >= 15 is 0 Å². The Hall–Kier alpha value is -1.23. The summed E-state index contributed by atoms with van der Waals surface area (Å²) in [7, 11) is 1.93. The molecular formula is C17H23FN2S. The third-order valence-corrected chi connectivity index (χ3v) is 4.70. The molecule has 0 bridgehead atoms. The molecule has 1 aromatic carbocycles. The lowest BCUT2D eigenvalue weighted by molar-refractivity contribution is 0.305. The van der Waals surface area contributed by atoms with E-state index in [1.54, 1.807) is 23.5 Å². The second kappa shape index (κ2) is 7.16. The number of fused-ring (bicyclic) bond motifs is 1. The number of hydrogen-bond acceptors (Lipinski definition) is 3. The molecule has 4 heteroatoms. The number of halogens is 1. The Kier molecular flexibility index (Phi) is 5.51. The minimum Gasteiger partial charge on any atom is -0.315 e. The molecule has 2 nitrogen and oxygen atoms in total. The first kappa shape index (κ1) is 16.1. The van der Waals surface area contributed by atoms with Crippen LogP contribution in [-0.4, -0.2) is 25.0 Å². The van der Waals surface area contributed by atoms with Gasteiger partial charge in [-0.2, -0.15) is 0 Å². The first-order valence-corrected chi connectivity index (χ1v) is 8.08. The fourth-order valence-corrected chi connectivity index (χ4v) is 3.81. The number of nitrogens with zero attached hydrogens (tertiary/aromatic N) is 1. The van der Waals surface area contributed by atoms with Crippen molar-refractivity contribution in [2.75, 3.05) is 20.1 Å². The third kappa shape index (κ3) is 3.70. The van der Waals surface area contributed by atoms with Crippen LogP contribution in [0, 0.1) is 5.82 Å². The van der Waals surface area contributed by atoms with Crippen molar-refractivity contribution in [1.29, 1.82) is 0 Å².